The van der Waals surface area contributed by atoms with Crippen LogP contribution in [0.25, 0.3) is 11.0 Å². The van der Waals surface area contributed by atoms with Crippen molar-refractivity contribution in [3.05, 3.63) is 42.9 Å². The number of fused-ring (bicyclic) bond motifs is 1. The van der Waals surface area contributed by atoms with E-state index in [4.69, 9.17) is 4.52 Å². The quantitative estimate of drug-likeness (QED) is 0.588. The Morgan fingerprint density at radius 1 is 1.13 bits per heavy atom. The number of rotatable bonds is 0. The summed E-state index contributed by atoms with van der Waals surface area (Å²) in [7, 11) is 0. The monoisotopic (exact) mass is 319 g/mol. The molecule has 0 bridgehead atoms. The van der Waals surface area contributed by atoms with E-state index in [1.807, 2.05) is 24.3 Å². The van der Waals surface area contributed by atoms with Crippen LogP contribution in [0, 0.1) is 0 Å². The van der Waals surface area contributed by atoms with Gasteiger partial charge in [-0.15, -0.1) is 5.10 Å². The Hall–Kier alpha value is -1.38. The summed E-state index contributed by atoms with van der Waals surface area (Å²) in [6.07, 6.45) is 4.58. The maximum absolute atomic E-state index is 4.87. The van der Waals surface area contributed by atoms with Gasteiger partial charge < -0.3 is 9.05 Å². The Morgan fingerprint density at radius 2 is 2.00 bits per heavy atom. The third-order valence-corrected chi connectivity index (χ3v) is 1.54. The van der Waals surface area contributed by atoms with Crippen LogP contribution in [-0.2, 0) is 0 Å². The minimum atomic E-state index is 0. The van der Waals surface area contributed by atoms with Gasteiger partial charge in [0.15, 0.2) is 5.58 Å². The van der Waals surface area contributed by atoms with E-state index in [2.05, 4.69) is 20.0 Å². The number of benzene rings is 1. The molecule has 0 amide bonds. The van der Waals surface area contributed by atoms with Gasteiger partial charge in [-0.1, -0.05) is 17.3 Å². The van der Waals surface area contributed by atoms with Crippen molar-refractivity contribution >= 4 is 34.6 Å². The molecule has 0 aliphatic rings. The first kappa shape index (κ1) is 11.7. The van der Waals surface area contributed by atoms with E-state index in [-0.39, 0.29) is 23.7 Å². The molecule has 5 nitrogen and oxygen atoms in total. The molecule has 0 aliphatic carbocycles. The van der Waals surface area contributed by atoms with Gasteiger partial charge in [0.25, 0.3) is 0 Å². The fraction of sp³-hybridized carbons (Fsp3) is 0. The fourth-order valence-corrected chi connectivity index (χ4v) is 0.946. The number of para-hydroxylation sites is 1. The molecule has 6 heteroatoms. The van der Waals surface area contributed by atoms with Crippen molar-refractivity contribution in [3.8, 4) is 0 Å². The molecule has 0 fully saturated rings. The molecule has 0 aliphatic heterocycles. The second-order valence-corrected chi connectivity index (χ2v) is 2.45. The van der Waals surface area contributed by atoms with Crippen molar-refractivity contribution in [2.24, 2.45) is 0 Å². The van der Waals surface area contributed by atoms with Gasteiger partial charge in [-0.3, -0.25) is 0 Å². The Labute approximate surface area is 102 Å². The molecule has 0 spiro atoms. The predicted molar refractivity (Wildman–Crippen MR) is 54.1 cm³/mol. The van der Waals surface area contributed by atoms with Crippen LogP contribution in [-0.4, -0.2) is 39.2 Å². The minimum Gasteiger partial charge on any atom is -0.356 e. The van der Waals surface area contributed by atoms with Gasteiger partial charge >= 0.3 is 0 Å². The van der Waals surface area contributed by atoms with Gasteiger partial charge in [-0.25, -0.2) is 0 Å². The van der Waals surface area contributed by atoms with Crippen molar-refractivity contribution in [2.45, 2.75) is 0 Å². The van der Waals surface area contributed by atoms with Gasteiger partial charge in [0, 0.05) is 34.3 Å². The zero-order chi connectivity index (χ0) is 9.64. The van der Waals surface area contributed by atoms with Crippen LogP contribution >= 0.6 is 0 Å². The Morgan fingerprint density at radius 3 is 2.60 bits per heavy atom. The van der Waals surface area contributed by atoms with Gasteiger partial charge in [0.05, 0.1) is 12.4 Å². The molecule has 1 aromatic carbocycles. The van der Waals surface area contributed by atoms with E-state index < -0.39 is 0 Å². The third kappa shape index (κ3) is 3.35. The normalized spacial score (nSPS) is 8.80. The molecule has 0 N–H and O–H groups in total. The van der Waals surface area contributed by atoms with Crippen molar-refractivity contribution in [1.29, 1.82) is 0 Å². The Bertz CT molecular complexity index is 433. The topological polar surface area (TPSA) is 65.0 Å². The molecule has 15 heavy (non-hydrogen) atoms. The molecule has 76 valence electrons. The summed E-state index contributed by atoms with van der Waals surface area (Å²) in [6.45, 7) is 0. The van der Waals surface area contributed by atoms with E-state index in [0.717, 1.165) is 11.0 Å². The number of nitrogens with zero attached hydrogens (tertiary/aromatic N) is 3. The van der Waals surface area contributed by atoms with E-state index in [9.17, 15) is 0 Å². The van der Waals surface area contributed by atoms with Gasteiger partial charge in [0.2, 0.25) is 0 Å². The van der Waals surface area contributed by atoms with Crippen LogP contribution in [0.4, 0.5) is 0 Å². The van der Waals surface area contributed by atoms with Crippen molar-refractivity contribution in [3.63, 3.8) is 0 Å². The number of hydrogen-bond donors (Lipinski definition) is 0. The first-order valence-electron chi connectivity index (χ1n) is 3.97. The maximum Gasteiger partial charge on any atom is 0.166 e. The molecule has 2 aromatic heterocycles. The number of aromatic nitrogens is 3. The largest absolute Gasteiger partial charge is 0.356 e. The minimum absolute atomic E-state index is 0. The third-order valence-electron chi connectivity index (χ3n) is 1.54. The standard InChI is InChI=1S/C7H5NO.C2H2N2O.Te/c1-2-4-7-6(3-1)5-8-9-7;1-2-5-4-3-1;/h1-5H;1-2H;. The van der Waals surface area contributed by atoms with Crippen LogP contribution < -0.4 is 0 Å². The van der Waals surface area contributed by atoms with Crippen LogP contribution in [0.3, 0.4) is 0 Å². The molecule has 0 atom stereocenters. The smallest absolute Gasteiger partial charge is 0.166 e. The van der Waals surface area contributed by atoms with Gasteiger partial charge in [-0.2, -0.15) is 0 Å². The van der Waals surface area contributed by atoms with Crippen molar-refractivity contribution in [1.82, 2.24) is 15.5 Å². The van der Waals surface area contributed by atoms with Crippen LogP contribution in [0.2, 0.25) is 0 Å². The van der Waals surface area contributed by atoms with Crippen LogP contribution in [0.5, 0.6) is 0 Å². The second kappa shape index (κ2) is 6.17. The molecular formula is C9H7N3O2Te. The SMILES string of the molecule is [Te].c1ccc2oncc2c1.c1conn1. The van der Waals surface area contributed by atoms with E-state index in [0.29, 0.717) is 0 Å². The van der Waals surface area contributed by atoms with E-state index in [1.54, 1.807) is 6.20 Å². The van der Waals surface area contributed by atoms with Crippen LogP contribution in [0.1, 0.15) is 0 Å². The summed E-state index contributed by atoms with van der Waals surface area (Å²) in [6, 6.07) is 7.74. The molecule has 0 unspecified atom stereocenters. The first-order chi connectivity index (χ1) is 6.97. The average molecular weight is 317 g/mol. The zero-order valence-electron chi connectivity index (χ0n) is 7.61. The molecule has 0 saturated carbocycles. The van der Waals surface area contributed by atoms with Crippen LogP contribution in [0.15, 0.2) is 52.0 Å². The summed E-state index contributed by atoms with van der Waals surface area (Å²) in [5, 5.41) is 11.1. The Balaban J connectivity index is 0.000000162. The summed E-state index contributed by atoms with van der Waals surface area (Å²) in [4.78, 5) is 0. The molecule has 0 saturated heterocycles. The molecule has 3 rings (SSSR count). The maximum atomic E-state index is 4.87. The summed E-state index contributed by atoms with van der Waals surface area (Å²) >= 11 is 0. The van der Waals surface area contributed by atoms with Gasteiger partial charge in [0.1, 0.15) is 6.26 Å². The fourth-order valence-electron chi connectivity index (χ4n) is 0.946. The molecule has 2 radical (unpaired) electrons. The summed E-state index contributed by atoms with van der Waals surface area (Å²) in [5.74, 6) is 0. The number of hydrogen-bond acceptors (Lipinski definition) is 5. The first-order valence-corrected chi connectivity index (χ1v) is 3.97. The summed E-state index contributed by atoms with van der Waals surface area (Å²) < 4.78 is 9.09. The zero-order valence-corrected chi connectivity index (χ0v) is 9.94. The Kier molecular flexibility index (Phi) is 4.81. The van der Waals surface area contributed by atoms with Crippen molar-refractivity contribution in [2.75, 3.05) is 0 Å². The molecule has 2 heterocycles. The average Bonchev–Trinajstić information content (AvgIpc) is 2.92. The second-order valence-electron chi connectivity index (χ2n) is 2.45. The molecule has 3 aromatic rings. The van der Waals surface area contributed by atoms with Gasteiger partial charge in [-0.05, 0) is 12.1 Å². The van der Waals surface area contributed by atoms with Crippen molar-refractivity contribution < 1.29 is 9.05 Å². The summed E-state index contributed by atoms with van der Waals surface area (Å²) in [5.41, 5.74) is 0.845. The predicted octanol–water partition coefficient (Wildman–Crippen LogP) is 1.52. The van der Waals surface area contributed by atoms with E-state index >= 15 is 0 Å². The molecular weight excluding hydrogens is 310 g/mol. The van der Waals surface area contributed by atoms with E-state index in [1.165, 1.54) is 12.5 Å².